The number of methoxy groups -OCH3 is 1. The molecule has 0 saturated heterocycles. The largest absolute Gasteiger partial charge is 0.496 e. The highest BCUT2D eigenvalue weighted by atomic mass is 16.5. The number of benzene rings is 1. The molecule has 5 nitrogen and oxygen atoms in total. The van der Waals surface area contributed by atoms with Crippen molar-refractivity contribution in [3.05, 3.63) is 47.6 Å². The second-order valence-corrected chi connectivity index (χ2v) is 6.51. The smallest absolute Gasteiger partial charge is 0.153 e. The standard InChI is InChI=1S/C19H26N4O/c1-14(2)19-21-18-11-10-16(13-23(18)22-19)20-12-6-8-15-7-4-5-9-17(15)24-3/h4-9,14,16,20H,10-13H2,1-3H3/b8-6+. The predicted molar refractivity (Wildman–Crippen MR) is 96.3 cm³/mol. The number of aryl methyl sites for hydroxylation is 1. The van der Waals surface area contributed by atoms with E-state index in [-0.39, 0.29) is 0 Å². The summed E-state index contributed by atoms with van der Waals surface area (Å²) in [6.07, 6.45) is 6.35. The van der Waals surface area contributed by atoms with Gasteiger partial charge in [-0.15, -0.1) is 0 Å². The first-order chi connectivity index (χ1) is 11.7. The van der Waals surface area contributed by atoms with E-state index in [2.05, 4.69) is 52.1 Å². The SMILES string of the molecule is COc1ccccc1/C=C/CNC1CCc2nc(C(C)C)nn2C1. The number of para-hydroxylation sites is 1. The molecule has 5 heteroatoms. The van der Waals surface area contributed by atoms with Gasteiger partial charge in [0.25, 0.3) is 0 Å². The van der Waals surface area contributed by atoms with Gasteiger partial charge < -0.3 is 10.1 Å². The van der Waals surface area contributed by atoms with Crippen LogP contribution < -0.4 is 10.1 Å². The summed E-state index contributed by atoms with van der Waals surface area (Å²) in [5.41, 5.74) is 1.10. The van der Waals surface area contributed by atoms with E-state index >= 15 is 0 Å². The van der Waals surface area contributed by atoms with Crippen LogP contribution in [0.4, 0.5) is 0 Å². The minimum atomic E-state index is 0.387. The molecule has 0 bridgehead atoms. The van der Waals surface area contributed by atoms with Crippen LogP contribution in [0.5, 0.6) is 5.75 Å². The normalized spacial score (nSPS) is 17.4. The van der Waals surface area contributed by atoms with Crippen molar-refractivity contribution in [1.29, 1.82) is 0 Å². The van der Waals surface area contributed by atoms with Gasteiger partial charge >= 0.3 is 0 Å². The maximum Gasteiger partial charge on any atom is 0.153 e. The highest BCUT2D eigenvalue weighted by Gasteiger charge is 2.21. The van der Waals surface area contributed by atoms with Crippen LogP contribution in [0.1, 0.15) is 43.4 Å². The molecule has 0 fully saturated rings. The topological polar surface area (TPSA) is 52.0 Å². The van der Waals surface area contributed by atoms with Crippen LogP contribution in [-0.4, -0.2) is 34.5 Å². The van der Waals surface area contributed by atoms with E-state index in [1.165, 1.54) is 0 Å². The van der Waals surface area contributed by atoms with Crippen LogP contribution in [0.15, 0.2) is 30.3 Å². The van der Waals surface area contributed by atoms with Crippen LogP contribution in [-0.2, 0) is 13.0 Å². The van der Waals surface area contributed by atoms with Gasteiger partial charge in [-0.3, -0.25) is 0 Å². The second kappa shape index (κ2) is 7.62. The third-order valence-electron chi connectivity index (χ3n) is 4.35. The Bertz CT molecular complexity index is 705. The van der Waals surface area contributed by atoms with Crippen molar-refractivity contribution in [3.8, 4) is 5.75 Å². The molecule has 0 amide bonds. The highest BCUT2D eigenvalue weighted by molar-refractivity contribution is 5.57. The molecule has 3 rings (SSSR count). The molecular formula is C19H26N4O. The lowest BCUT2D eigenvalue weighted by atomic mass is 10.1. The monoisotopic (exact) mass is 326 g/mol. The van der Waals surface area contributed by atoms with Gasteiger partial charge in [0, 0.05) is 30.5 Å². The summed E-state index contributed by atoms with van der Waals surface area (Å²) in [6.45, 7) is 6.01. The maximum absolute atomic E-state index is 5.36. The van der Waals surface area contributed by atoms with Crippen LogP contribution in [0, 0.1) is 0 Å². The first-order valence-corrected chi connectivity index (χ1v) is 8.64. The highest BCUT2D eigenvalue weighted by Crippen LogP contribution is 2.19. The average molecular weight is 326 g/mol. The summed E-state index contributed by atoms with van der Waals surface area (Å²) in [6, 6.07) is 8.49. The Morgan fingerprint density at radius 3 is 3.00 bits per heavy atom. The van der Waals surface area contributed by atoms with Gasteiger partial charge in [0.05, 0.1) is 13.7 Å². The van der Waals surface area contributed by atoms with Gasteiger partial charge in [-0.05, 0) is 12.5 Å². The van der Waals surface area contributed by atoms with E-state index in [1.54, 1.807) is 7.11 Å². The van der Waals surface area contributed by atoms with Gasteiger partial charge in [-0.2, -0.15) is 5.10 Å². The number of hydrogen-bond donors (Lipinski definition) is 1. The van der Waals surface area contributed by atoms with Crippen LogP contribution in [0.2, 0.25) is 0 Å². The summed E-state index contributed by atoms with van der Waals surface area (Å²) in [5, 5.41) is 8.22. The molecule has 2 heterocycles. The van der Waals surface area contributed by atoms with Crippen molar-refractivity contribution in [2.75, 3.05) is 13.7 Å². The fourth-order valence-corrected chi connectivity index (χ4v) is 2.96. The number of nitrogens with one attached hydrogen (secondary N) is 1. The van der Waals surface area contributed by atoms with E-state index in [9.17, 15) is 0 Å². The lowest BCUT2D eigenvalue weighted by Crippen LogP contribution is -2.37. The lowest BCUT2D eigenvalue weighted by Gasteiger charge is -2.23. The van der Waals surface area contributed by atoms with E-state index in [1.807, 2.05) is 18.2 Å². The Morgan fingerprint density at radius 1 is 1.38 bits per heavy atom. The van der Waals surface area contributed by atoms with Crippen LogP contribution in [0.3, 0.4) is 0 Å². The predicted octanol–water partition coefficient (Wildman–Crippen LogP) is 3.03. The minimum Gasteiger partial charge on any atom is -0.496 e. The molecule has 0 spiro atoms. The molecule has 1 aromatic heterocycles. The van der Waals surface area contributed by atoms with Gasteiger partial charge in [0.2, 0.25) is 0 Å². The van der Waals surface area contributed by atoms with Gasteiger partial charge in [0.1, 0.15) is 11.6 Å². The van der Waals surface area contributed by atoms with E-state index in [4.69, 9.17) is 4.74 Å². The van der Waals surface area contributed by atoms with Gasteiger partial charge in [0.15, 0.2) is 5.82 Å². The van der Waals surface area contributed by atoms with Crippen LogP contribution >= 0.6 is 0 Å². The Balaban J connectivity index is 1.53. The molecule has 1 N–H and O–H groups in total. The fraction of sp³-hybridized carbons (Fsp3) is 0.474. The summed E-state index contributed by atoms with van der Waals surface area (Å²) in [5.74, 6) is 3.38. The molecule has 0 aliphatic carbocycles. The minimum absolute atomic E-state index is 0.387. The maximum atomic E-state index is 5.36. The van der Waals surface area contributed by atoms with Crippen molar-refractivity contribution in [2.45, 2.75) is 45.2 Å². The molecule has 24 heavy (non-hydrogen) atoms. The summed E-state index contributed by atoms with van der Waals surface area (Å²) < 4.78 is 7.43. The van der Waals surface area contributed by atoms with E-state index in [0.29, 0.717) is 12.0 Å². The number of aromatic nitrogens is 3. The molecule has 1 atom stereocenters. The first-order valence-electron chi connectivity index (χ1n) is 8.64. The first kappa shape index (κ1) is 16.7. The average Bonchev–Trinajstić information content (AvgIpc) is 3.02. The molecule has 128 valence electrons. The van der Waals surface area contributed by atoms with Gasteiger partial charge in [-0.25, -0.2) is 9.67 Å². The zero-order valence-corrected chi connectivity index (χ0v) is 14.7. The summed E-state index contributed by atoms with van der Waals surface area (Å²) in [7, 11) is 1.70. The number of nitrogens with zero attached hydrogens (tertiary/aromatic N) is 3. The zero-order valence-electron chi connectivity index (χ0n) is 14.7. The van der Waals surface area contributed by atoms with Crippen LogP contribution in [0.25, 0.3) is 6.08 Å². The molecule has 1 aliphatic rings. The quantitative estimate of drug-likeness (QED) is 0.886. The molecule has 0 radical (unpaired) electrons. The molecule has 0 saturated carbocycles. The number of fused-ring (bicyclic) bond motifs is 1. The van der Waals surface area contributed by atoms with Crippen molar-refractivity contribution in [2.24, 2.45) is 0 Å². The molecule has 1 aromatic carbocycles. The molecule has 1 unspecified atom stereocenters. The molecular weight excluding hydrogens is 300 g/mol. The Morgan fingerprint density at radius 2 is 2.21 bits per heavy atom. The van der Waals surface area contributed by atoms with E-state index in [0.717, 1.165) is 48.9 Å². The van der Waals surface area contributed by atoms with Crippen molar-refractivity contribution < 1.29 is 4.74 Å². The van der Waals surface area contributed by atoms with Crippen molar-refractivity contribution >= 4 is 6.08 Å². The molecule has 1 aliphatic heterocycles. The van der Waals surface area contributed by atoms with E-state index < -0.39 is 0 Å². The Labute approximate surface area is 143 Å². The molecule has 2 aromatic rings. The summed E-state index contributed by atoms with van der Waals surface area (Å²) >= 11 is 0. The number of ether oxygens (including phenoxy) is 1. The summed E-state index contributed by atoms with van der Waals surface area (Å²) in [4.78, 5) is 4.64. The third-order valence-corrected chi connectivity index (χ3v) is 4.35. The second-order valence-electron chi connectivity index (χ2n) is 6.51. The Kier molecular flexibility index (Phi) is 5.30. The number of rotatable bonds is 6. The third kappa shape index (κ3) is 3.85. The lowest BCUT2D eigenvalue weighted by molar-refractivity contribution is 0.369. The van der Waals surface area contributed by atoms with Gasteiger partial charge in [-0.1, -0.05) is 44.2 Å². The number of hydrogen-bond acceptors (Lipinski definition) is 4. The van der Waals surface area contributed by atoms with Crippen molar-refractivity contribution in [3.63, 3.8) is 0 Å². The Hall–Kier alpha value is -2.14. The van der Waals surface area contributed by atoms with Crippen molar-refractivity contribution in [1.82, 2.24) is 20.1 Å². The zero-order chi connectivity index (χ0) is 16.9. The fourth-order valence-electron chi connectivity index (χ4n) is 2.96.